The van der Waals surface area contributed by atoms with Crippen LogP contribution in [0.25, 0.3) is 0 Å². The lowest BCUT2D eigenvalue weighted by molar-refractivity contribution is -0.129. The first-order valence-electron chi connectivity index (χ1n) is 6.99. The Balaban J connectivity index is 2.37. The smallest absolute Gasteiger partial charge is 0.236 e. The summed E-state index contributed by atoms with van der Waals surface area (Å²) in [6, 6.07) is 0. The number of carbonyl (C=O) groups is 2. The van der Waals surface area contributed by atoms with E-state index in [0.29, 0.717) is 12.3 Å². The van der Waals surface area contributed by atoms with E-state index in [0.717, 1.165) is 45.2 Å². The molecule has 1 aliphatic carbocycles. The molecule has 0 bridgehead atoms. The number of rotatable bonds is 7. The molecular weight excluding hydrogens is 228 g/mol. The van der Waals surface area contributed by atoms with Crippen molar-refractivity contribution >= 4 is 11.7 Å². The first-order valence-corrected chi connectivity index (χ1v) is 6.99. The van der Waals surface area contributed by atoms with Crippen molar-refractivity contribution in [1.29, 1.82) is 0 Å². The van der Waals surface area contributed by atoms with E-state index < -0.39 is 0 Å². The molecule has 0 radical (unpaired) electrons. The zero-order valence-corrected chi connectivity index (χ0v) is 11.9. The maximum absolute atomic E-state index is 11.7. The van der Waals surface area contributed by atoms with Crippen LogP contribution in [0.4, 0.5) is 0 Å². The van der Waals surface area contributed by atoms with Crippen molar-refractivity contribution < 1.29 is 9.59 Å². The van der Waals surface area contributed by atoms with E-state index in [-0.39, 0.29) is 11.8 Å². The maximum Gasteiger partial charge on any atom is 0.236 e. The molecule has 1 saturated carbocycles. The van der Waals surface area contributed by atoms with Gasteiger partial charge in [-0.1, -0.05) is 6.92 Å². The molecule has 0 aliphatic heterocycles. The lowest BCUT2D eigenvalue weighted by Crippen LogP contribution is -2.38. The third-order valence-corrected chi connectivity index (χ3v) is 3.62. The molecule has 1 fully saturated rings. The molecule has 1 rings (SSSR count). The Bertz CT molecular complexity index is 290. The maximum atomic E-state index is 11.7. The Labute approximate surface area is 110 Å². The number of Topliss-reactive ketones (excluding diaryl/α,β-unsaturated/α-hetero) is 1. The topological polar surface area (TPSA) is 40.6 Å². The second-order valence-electron chi connectivity index (χ2n) is 5.41. The van der Waals surface area contributed by atoms with Gasteiger partial charge in [-0.25, -0.2) is 0 Å². The monoisotopic (exact) mass is 254 g/mol. The van der Waals surface area contributed by atoms with Gasteiger partial charge in [0.15, 0.2) is 0 Å². The summed E-state index contributed by atoms with van der Waals surface area (Å²) in [5, 5.41) is 0. The third kappa shape index (κ3) is 4.77. The molecule has 18 heavy (non-hydrogen) atoms. The predicted molar refractivity (Wildman–Crippen MR) is 72.4 cm³/mol. The van der Waals surface area contributed by atoms with E-state index in [2.05, 4.69) is 11.8 Å². The lowest BCUT2D eigenvalue weighted by Gasteiger charge is -2.24. The minimum Gasteiger partial charge on any atom is -0.348 e. The van der Waals surface area contributed by atoms with E-state index in [4.69, 9.17) is 0 Å². The highest BCUT2D eigenvalue weighted by atomic mass is 16.2. The van der Waals surface area contributed by atoms with Gasteiger partial charge >= 0.3 is 0 Å². The molecule has 104 valence electrons. The molecule has 4 nitrogen and oxygen atoms in total. The quantitative estimate of drug-likeness (QED) is 0.692. The van der Waals surface area contributed by atoms with E-state index in [9.17, 15) is 9.59 Å². The molecule has 0 spiro atoms. The van der Waals surface area contributed by atoms with E-state index in [1.165, 1.54) is 0 Å². The molecule has 1 unspecified atom stereocenters. The fourth-order valence-corrected chi connectivity index (χ4v) is 2.45. The van der Waals surface area contributed by atoms with Crippen LogP contribution < -0.4 is 0 Å². The van der Waals surface area contributed by atoms with Crippen LogP contribution in [-0.2, 0) is 9.59 Å². The molecule has 0 aromatic rings. The molecule has 1 amide bonds. The normalized spacial score (nSPS) is 19.6. The van der Waals surface area contributed by atoms with Crippen molar-refractivity contribution in [2.24, 2.45) is 5.92 Å². The number of nitrogens with zero attached hydrogens (tertiary/aromatic N) is 2. The van der Waals surface area contributed by atoms with Crippen LogP contribution in [0.2, 0.25) is 0 Å². The van der Waals surface area contributed by atoms with Crippen LogP contribution in [0.5, 0.6) is 0 Å². The Morgan fingerprint density at radius 3 is 2.56 bits per heavy atom. The number of ketones is 1. The molecule has 0 aromatic heterocycles. The number of carbonyl (C=O) groups excluding carboxylic acids is 2. The van der Waals surface area contributed by atoms with Gasteiger partial charge in [-0.2, -0.15) is 0 Å². The van der Waals surface area contributed by atoms with Gasteiger partial charge in [0.2, 0.25) is 5.91 Å². The van der Waals surface area contributed by atoms with Gasteiger partial charge in [0.05, 0.1) is 6.54 Å². The third-order valence-electron chi connectivity index (χ3n) is 3.62. The van der Waals surface area contributed by atoms with Crippen LogP contribution in [0.15, 0.2) is 0 Å². The molecule has 0 saturated heterocycles. The molecule has 0 heterocycles. The zero-order chi connectivity index (χ0) is 13.5. The summed E-state index contributed by atoms with van der Waals surface area (Å²) >= 11 is 0. The van der Waals surface area contributed by atoms with Crippen molar-refractivity contribution in [3.05, 3.63) is 0 Å². The van der Waals surface area contributed by atoms with Crippen molar-refractivity contribution in [2.75, 3.05) is 33.7 Å². The second kappa shape index (κ2) is 7.52. The lowest BCUT2D eigenvalue weighted by atomic mass is 10.0. The van der Waals surface area contributed by atoms with Crippen LogP contribution in [-0.4, -0.2) is 55.2 Å². The number of amides is 1. The fraction of sp³-hybridized carbons (Fsp3) is 0.857. The molecule has 0 aromatic carbocycles. The van der Waals surface area contributed by atoms with Crippen LogP contribution in [0, 0.1) is 5.92 Å². The van der Waals surface area contributed by atoms with Crippen LogP contribution in [0.1, 0.15) is 39.0 Å². The molecular formula is C14H26N2O2. The number of hydrogen-bond donors (Lipinski definition) is 0. The summed E-state index contributed by atoms with van der Waals surface area (Å²) in [5.41, 5.74) is 0. The minimum absolute atomic E-state index is 0.140. The molecule has 1 atom stereocenters. The van der Waals surface area contributed by atoms with E-state index in [1.807, 2.05) is 0 Å². The van der Waals surface area contributed by atoms with Crippen molar-refractivity contribution in [1.82, 2.24) is 9.80 Å². The summed E-state index contributed by atoms with van der Waals surface area (Å²) in [4.78, 5) is 27.1. The van der Waals surface area contributed by atoms with E-state index in [1.54, 1.807) is 19.0 Å². The van der Waals surface area contributed by atoms with Gasteiger partial charge in [0.25, 0.3) is 0 Å². The van der Waals surface area contributed by atoms with Gasteiger partial charge in [-0.3, -0.25) is 14.5 Å². The molecule has 1 aliphatic rings. The SMILES string of the molecule is CCCN(CCC1CCCC1=O)CC(=O)N(C)C. The standard InChI is InChI=1S/C14H26N2O2/c1-4-9-16(11-14(18)15(2)3)10-8-12-6-5-7-13(12)17/h12H,4-11H2,1-3H3. The predicted octanol–water partition coefficient (Wildman–Crippen LogP) is 1.55. The largest absolute Gasteiger partial charge is 0.348 e. The van der Waals surface area contributed by atoms with Crippen molar-refractivity contribution in [2.45, 2.75) is 39.0 Å². The summed E-state index contributed by atoms with van der Waals surface area (Å²) < 4.78 is 0. The molecule has 4 heteroatoms. The highest BCUT2D eigenvalue weighted by Crippen LogP contribution is 2.24. The average Bonchev–Trinajstić information content (AvgIpc) is 2.72. The second-order valence-corrected chi connectivity index (χ2v) is 5.41. The van der Waals surface area contributed by atoms with Crippen molar-refractivity contribution in [3.8, 4) is 0 Å². The number of hydrogen-bond acceptors (Lipinski definition) is 3. The van der Waals surface area contributed by atoms with Gasteiger partial charge in [0, 0.05) is 26.4 Å². The van der Waals surface area contributed by atoms with Crippen LogP contribution in [0.3, 0.4) is 0 Å². The van der Waals surface area contributed by atoms with Gasteiger partial charge in [-0.15, -0.1) is 0 Å². The Hall–Kier alpha value is -0.900. The first-order chi connectivity index (χ1) is 8.54. The average molecular weight is 254 g/mol. The Morgan fingerprint density at radius 2 is 2.06 bits per heavy atom. The van der Waals surface area contributed by atoms with Gasteiger partial charge < -0.3 is 4.90 Å². The number of likely N-dealkylation sites (N-methyl/N-ethyl adjacent to an activating group) is 1. The van der Waals surface area contributed by atoms with Crippen molar-refractivity contribution in [3.63, 3.8) is 0 Å². The Morgan fingerprint density at radius 1 is 1.33 bits per heavy atom. The Kier molecular flexibility index (Phi) is 6.33. The summed E-state index contributed by atoms with van der Waals surface area (Å²) in [6.07, 6.45) is 4.81. The first kappa shape index (κ1) is 15.2. The van der Waals surface area contributed by atoms with Gasteiger partial charge in [-0.05, 0) is 38.8 Å². The van der Waals surface area contributed by atoms with Crippen LogP contribution >= 0.6 is 0 Å². The van der Waals surface area contributed by atoms with Gasteiger partial charge in [0.1, 0.15) is 5.78 Å². The summed E-state index contributed by atoms with van der Waals surface area (Å²) in [5.74, 6) is 0.811. The van der Waals surface area contributed by atoms with E-state index >= 15 is 0 Å². The highest BCUT2D eigenvalue weighted by molar-refractivity contribution is 5.82. The highest BCUT2D eigenvalue weighted by Gasteiger charge is 2.24. The zero-order valence-electron chi connectivity index (χ0n) is 11.9. The molecule has 0 N–H and O–H groups in total. The summed E-state index contributed by atoms with van der Waals surface area (Å²) in [6.45, 7) is 4.39. The summed E-state index contributed by atoms with van der Waals surface area (Å²) in [7, 11) is 3.57. The fourth-order valence-electron chi connectivity index (χ4n) is 2.45. The minimum atomic E-state index is 0.140.